The minimum absolute atomic E-state index is 0.115. The van der Waals surface area contributed by atoms with E-state index in [0.717, 1.165) is 47.3 Å². The Hall–Kier alpha value is -2.42. The lowest BCUT2D eigenvalue weighted by Crippen LogP contribution is -2.16. The average molecular weight is 408 g/mol. The summed E-state index contributed by atoms with van der Waals surface area (Å²) < 4.78 is 5.50. The summed E-state index contributed by atoms with van der Waals surface area (Å²) in [6.45, 7) is 15.0. The van der Waals surface area contributed by atoms with Crippen LogP contribution in [0.2, 0.25) is 0 Å². The molecular formula is C27H37NO2. The van der Waals surface area contributed by atoms with E-state index in [-0.39, 0.29) is 17.8 Å². The van der Waals surface area contributed by atoms with E-state index in [2.05, 4.69) is 78.0 Å². The molecule has 0 saturated heterocycles. The molecule has 0 unspecified atom stereocenters. The second-order valence-corrected chi connectivity index (χ2v) is 8.32. The lowest BCUT2D eigenvalue weighted by Gasteiger charge is -2.23. The molecular weight excluding hydrogens is 370 g/mol. The minimum atomic E-state index is -0.288. The van der Waals surface area contributed by atoms with E-state index in [1.165, 1.54) is 5.56 Å². The number of aromatic nitrogens is 1. The number of rotatable bonds is 9. The molecule has 3 nitrogen and oxygen atoms in total. The summed E-state index contributed by atoms with van der Waals surface area (Å²) in [6.07, 6.45) is 7.40. The number of ether oxygens (including phenoxy) is 1. The molecule has 1 aromatic carbocycles. The second-order valence-electron chi connectivity index (χ2n) is 8.32. The first-order valence-corrected chi connectivity index (χ1v) is 11.4. The summed E-state index contributed by atoms with van der Waals surface area (Å²) in [4.78, 5) is 18.2. The Morgan fingerprint density at radius 2 is 1.63 bits per heavy atom. The molecule has 1 aromatic heterocycles. The first-order chi connectivity index (χ1) is 14.3. The SMILES string of the molecule is CCC/C=C/c1c(C(C)C)nc(C(C)C)c(C(=O)OCC)c1-c1ccc(CC)cc1. The van der Waals surface area contributed by atoms with Crippen molar-refractivity contribution in [3.63, 3.8) is 0 Å². The highest BCUT2D eigenvalue weighted by Crippen LogP contribution is 2.38. The van der Waals surface area contributed by atoms with Crippen LogP contribution in [0.4, 0.5) is 0 Å². The maximum absolute atomic E-state index is 13.2. The summed E-state index contributed by atoms with van der Waals surface area (Å²) in [5.74, 6) is 0.0710. The fraction of sp³-hybridized carbons (Fsp3) is 0.481. The molecule has 0 spiro atoms. The van der Waals surface area contributed by atoms with Gasteiger partial charge < -0.3 is 4.74 Å². The largest absolute Gasteiger partial charge is 0.462 e. The lowest BCUT2D eigenvalue weighted by atomic mass is 9.86. The Labute approximate surface area is 182 Å². The van der Waals surface area contributed by atoms with Crippen molar-refractivity contribution in [1.82, 2.24) is 4.98 Å². The smallest absolute Gasteiger partial charge is 0.340 e. The number of allylic oxidation sites excluding steroid dienone is 1. The van der Waals surface area contributed by atoms with Gasteiger partial charge in [-0.2, -0.15) is 0 Å². The Morgan fingerprint density at radius 3 is 2.13 bits per heavy atom. The third-order valence-corrected chi connectivity index (χ3v) is 5.26. The quantitative estimate of drug-likeness (QED) is 0.403. The standard InChI is InChI=1S/C27H37NO2/c1-8-11-12-13-22-23(21-16-14-20(9-2)15-17-21)24(27(29)30-10-3)26(19(6)7)28-25(22)18(4)5/h12-19H,8-11H2,1-7H3/b13-12+. The van der Waals surface area contributed by atoms with E-state index in [4.69, 9.17) is 9.72 Å². The number of carbonyl (C=O) groups is 1. The fourth-order valence-electron chi connectivity index (χ4n) is 3.65. The first kappa shape index (κ1) is 23.9. The van der Waals surface area contributed by atoms with Crippen LogP contribution in [0, 0.1) is 0 Å². The van der Waals surface area contributed by atoms with Crippen LogP contribution in [-0.2, 0) is 11.2 Å². The number of pyridine rings is 1. The molecule has 3 heteroatoms. The molecule has 0 amide bonds. The van der Waals surface area contributed by atoms with Gasteiger partial charge in [0.2, 0.25) is 0 Å². The highest BCUT2D eigenvalue weighted by Gasteiger charge is 2.27. The van der Waals surface area contributed by atoms with Crippen molar-refractivity contribution in [2.75, 3.05) is 6.61 Å². The predicted octanol–water partition coefficient (Wildman–Crippen LogP) is 7.55. The zero-order valence-corrected chi connectivity index (χ0v) is 19.7. The lowest BCUT2D eigenvalue weighted by molar-refractivity contribution is 0.0525. The highest BCUT2D eigenvalue weighted by atomic mass is 16.5. The number of carbonyl (C=O) groups excluding carboxylic acids is 1. The van der Waals surface area contributed by atoms with Gasteiger partial charge in [0, 0.05) is 11.1 Å². The van der Waals surface area contributed by atoms with Gasteiger partial charge in [0.1, 0.15) is 0 Å². The number of hydrogen-bond donors (Lipinski definition) is 0. The van der Waals surface area contributed by atoms with Gasteiger partial charge in [0.05, 0.1) is 23.6 Å². The van der Waals surface area contributed by atoms with Crippen LogP contribution in [0.3, 0.4) is 0 Å². The van der Waals surface area contributed by atoms with Crippen LogP contribution in [0.1, 0.15) is 106 Å². The molecule has 0 radical (unpaired) electrons. The van der Waals surface area contributed by atoms with E-state index in [0.29, 0.717) is 12.2 Å². The van der Waals surface area contributed by atoms with Gasteiger partial charge in [-0.25, -0.2) is 4.79 Å². The molecule has 2 rings (SSSR count). The minimum Gasteiger partial charge on any atom is -0.462 e. The molecule has 0 aliphatic carbocycles. The normalized spacial score (nSPS) is 11.6. The number of esters is 1. The van der Waals surface area contributed by atoms with Crippen LogP contribution in [0.25, 0.3) is 17.2 Å². The highest BCUT2D eigenvalue weighted by molar-refractivity contribution is 6.01. The topological polar surface area (TPSA) is 39.2 Å². The predicted molar refractivity (Wildman–Crippen MR) is 127 cm³/mol. The van der Waals surface area contributed by atoms with E-state index in [9.17, 15) is 4.79 Å². The summed E-state index contributed by atoms with van der Waals surface area (Å²) in [6, 6.07) is 8.55. The Bertz CT molecular complexity index is 877. The van der Waals surface area contributed by atoms with Crippen LogP contribution in [0.5, 0.6) is 0 Å². The van der Waals surface area contributed by atoms with Crippen molar-refractivity contribution >= 4 is 12.0 Å². The number of benzene rings is 1. The fourth-order valence-corrected chi connectivity index (χ4v) is 3.65. The number of unbranched alkanes of at least 4 members (excludes halogenated alkanes) is 1. The molecule has 1 heterocycles. The summed E-state index contributed by atoms with van der Waals surface area (Å²) in [5.41, 5.74) is 6.77. The number of nitrogens with zero attached hydrogens (tertiary/aromatic N) is 1. The zero-order valence-electron chi connectivity index (χ0n) is 19.7. The van der Waals surface area contributed by atoms with E-state index in [1.807, 2.05) is 6.92 Å². The molecule has 2 aromatic rings. The van der Waals surface area contributed by atoms with E-state index < -0.39 is 0 Å². The van der Waals surface area contributed by atoms with Crippen LogP contribution in [-0.4, -0.2) is 17.6 Å². The molecule has 0 fully saturated rings. The van der Waals surface area contributed by atoms with Gasteiger partial charge in [0.15, 0.2) is 0 Å². The molecule has 0 aliphatic heterocycles. The van der Waals surface area contributed by atoms with Gasteiger partial charge in [-0.05, 0) is 42.7 Å². The van der Waals surface area contributed by atoms with Crippen LogP contribution in [0.15, 0.2) is 30.3 Å². The van der Waals surface area contributed by atoms with Gasteiger partial charge in [-0.1, -0.05) is 84.4 Å². The van der Waals surface area contributed by atoms with Gasteiger partial charge in [-0.3, -0.25) is 4.98 Å². The molecule has 0 atom stereocenters. The van der Waals surface area contributed by atoms with Crippen LogP contribution >= 0.6 is 0 Å². The monoisotopic (exact) mass is 407 g/mol. The van der Waals surface area contributed by atoms with Crippen molar-refractivity contribution in [2.24, 2.45) is 0 Å². The van der Waals surface area contributed by atoms with Crippen molar-refractivity contribution < 1.29 is 9.53 Å². The van der Waals surface area contributed by atoms with Gasteiger partial charge in [-0.15, -0.1) is 0 Å². The van der Waals surface area contributed by atoms with Gasteiger partial charge >= 0.3 is 5.97 Å². The maximum Gasteiger partial charge on any atom is 0.340 e. The maximum atomic E-state index is 13.2. The van der Waals surface area contributed by atoms with E-state index in [1.54, 1.807) is 0 Å². The molecule has 30 heavy (non-hydrogen) atoms. The molecule has 0 bridgehead atoms. The third kappa shape index (κ3) is 5.38. The average Bonchev–Trinajstić information content (AvgIpc) is 2.73. The van der Waals surface area contributed by atoms with Crippen LogP contribution < -0.4 is 0 Å². The first-order valence-electron chi connectivity index (χ1n) is 11.4. The van der Waals surface area contributed by atoms with Crippen molar-refractivity contribution in [3.8, 4) is 11.1 Å². The third-order valence-electron chi connectivity index (χ3n) is 5.26. The summed E-state index contributed by atoms with van der Waals surface area (Å²) in [7, 11) is 0. The molecule has 0 aliphatic rings. The second kappa shape index (κ2) is 11.1. The van der Waals surface area contributed by atoms with Crippen molar-refractivity contribution in [1.29, 1.82) is 0 Å². The zero-order chi connectivity index (χ0) is 22.3. The molecule has 0 N–H and O–H groups in total. The Kier molecular flexibility index (Phi) is 8.83. The Balaban J connectivity index is 2.95. The van der Waals surface area contributed by atoms with Crippen molar-refractivity contribution in [2.45, 2.75) is 79.6 Å². The molecule has 162 valence electrons. The molecule has 0 saturated carbocycles. The summed E-state index contributed by atoms with van der Waals surface area (Å²) in [5, 5.41) is 0. The van der Waals surface area contributed by atoms with E-state index >= 15 is 0 Å². The number of aryl methyl sites for hydroxylation is 1. The Morgan fingerprint density at radius 1 is 1.00 bits per heavy atom. The number of hydrogen-bond acceptors (Lipinski definition) is 3. The summed E-state index contributed by atoms with van der Waals surface area (Å²) >= 11 is 0. The van der Waals surface area contributed by atoms with Gasteiger partial charge in [0.25, 0.3) is 0 Å². The van der Waals surface area contributed by atoms with Crippen molar-refractivity contribution in [3.05, 3.63) is 58.4 Å².